The molecule has 1 saturated heterocycles. The summed E-state index contributed by atoms with van der Waals surface area (Å²) in [5, 5.41) is 5.12. The molecule has 7 heteroatoms. The van der Waals surface area contributed by atoms with E-state index in [2.05, 4.69) is 10.6 Å². The maximum atomic E-state index is 13.5. The molecule has 2 N–H and O–H groups in total. The van der Waals surface area contributed by atoms with Crippen molar-refractivity contribution in [3.8, 4) is 0 Å². The third kappa shape index (κ3) is 3.66. The van der Waals surface area contributed by atoms with Gasteiger partial charge in [-0.3, -0.25) is 4.79 Å². The molecule has 0 radical (unpaired) electrons. The zero-order valence-corrected chi connectivity index (χ0v) is 14.5. The number of carbonyl (C=O) groups is 2. The summed E-state index contributed by atoms with van der Waals surface area (Å²) in [6, 6.07) is 7.56. The van der Waals surface area contributed by atoms with Crippen LogP contribution in [0.25, 0.3) is 0 Å². The van der Waals surface area contributed by atoms with E-state index in [4.69, 9.17) is 0 Å². The van der Waals surface area contributed by atoms with E-state index in [0.717, 1.165) is 0 Å². The van der Waals surface area contributed by atoms with Crippen molar-refractivity contribution in [3.63, 3.8) is 0 Å². The Morgan fingerprint density at radius 1 is 1.08 bits per heavy atom. The third-order valence-corrected chi connectivity index (χ3v) is 4.39. The van der Waals surface area contributed by atoms with Gasteiger partial charge in [-0.1, -0.05) is 6.07 Å². The van der Waals surface area contributed by atoms with Crippen molar-refractivity contribution in [1.29, 1.82) is 0 Å². The molecule has 0 unspecified atom stereocenters. The van der Waals surface area contributed by atoms with Crippen LogP contribution >= 0.6 is 0 Å². The van der Waals surface area contributed by atoms with Gasteiger partial charge in [0, 0.05) is 17.9 Å². The normalized spacial score (nSPS) is 16.7. The van der Waals surface area contributed by atoms with E-state index in [9.17, 15) is 18.4 Å². The summed E-state index contributed by atoms with van der Waals surface area (Å²) < 4.78 is 26.9. The Morgan fingerprint density at radius 3 is 2.54 bits per heavy atom. The zero-order chi connectivity index (χ0) is 18.8. The second-order valence-corrected chi connectivity index (χ2v) is 6.33. The molecule has 0 aliphatic carbocycles. The Kier molecular flexibility index (Phi) is 4.88. The first-order valence-corrected chi connectivity index (χ1v) is 8.26. The van der Waals surface area contributed by atoms with Crippen molar-refractivity contribution in [2.75, 3.05) is 16.8 Å². The van der Waals surface area contributed by atoms with Gasteiger partial charge in [-0.25, -0.2) is 13.6 Å². The predicted molar refractivity (Wildman–Crippen MR) is 95.2 cm³/mol. The van der Waals surface area contributed by atoms with Gasteiger partial charge in [-0.15, -0.1) is 0 Å². The molecule has 0 saturated carbocycles. The Hall–Kier alpha value is -2.96. The van der Waals surface area contributed by atoms with Gasteiger partial charge < -0.3 is 15.5 Å². The van der Waals surface area contributed by atoms with Gasteiger partial charge in [0.2, 0.25) is 5.91 Å². The molecule has 1 aliphatic heterocycles. The van der Waals surface area contributed by atoms with Crippen LogP contribution in [0.15, 0.2) is 36.4 Å². The number of aryl methyl sites for hydroxylation is 2. The summed E-state index contributed by atoms with van der Waals surface area (Å²) >= 11 is 0. The first-order valence-electron chi connectivity index (χ1n) is 8.26. The number of anilines is 2. The predicted octanol–water partition coefficient (Wildman–Crippen LogP) is 3.51. The molecule has 1 heterocycles. The Morgan fingerprint density at radius 2 is 1.85 bits per heavy atom. The lowest BCUT2D eigenvalue weighted by atomic mass is 10.2. The fraction of sp³-hybridized carbons (Fsp3) is 0.263. The molecule has 3 amide bonds. The number of benzene rings is 2. The molecule has 0 spiro atoms. The molecule has 0 aromatic heterocycles. The van der Waals surface area contributed by atoms with Crippen LogP contribution in [0.4, 0.5) is 25.0 Å². The van der Waals surface area contributed by atoms with E-state index in [-0.39, 0.29) is 11.7 Å². The lowest BCUT2D eigenvalue weighted by Gasteiger charge is -2.18. The minimum atomic E-state index is -0.685. The number of nitrogens with one attached hydrogen (secondary N) is 2. The van der Waals surface area contributed by atoms with Crippen molar-refractivity contribution in [3.05, 3.63) is 59.2 Å². The lowest BCUT2D eigenvalue weighted by Crippen LogP contribution is -2.43. The van der Waals surface area contributed by atoms with Gasteiger partial charge in [0.15, 0.2) is 0 Å². The van der Waals surface area contributed by atoms with Crippen LogP contribution in [0.1, 0.15) is 17.5 Å². The van der Waals surface area contributed by atoms with Crippen molar-refractivity contribution in [2.45, 2.75) is 26.3 Å². The summed E-state index contributed by atoms with van der Waals surface area (Å²) in [5.41, 5.74) is 1.83. The number of rotatable bonds is 3. The van der Waals surface area contributed by atoms with Gasteiger partial charge in [-0.05, 0) is 61.7 Å². The fourth-order valence-corrected chi connectivity index (χ4v) is 2.86. The number of hydrogen-bond donors (Lipinski definition) is 2. The number of halogens is 2. The molecule has 5 nitrogen and oxygen atoms in total. The summed E-state index contributed by atoms with van der Waals surface area (Å²) in [4.78, 5) is 26.1. The number of amides is 3. The summed E-state index contributed by atoms with van der Waals surface area (Å²) in [5.74, 6) is -1.02. The smallest absolute Gasteiger partial charge is 0.319 e. The minimum Gasteiger partial charge on any atom is -0.326 e. The highest BCUT2D eigenvalue weighted by atomic mass is 19.1. The van der Waals surface area contributed by atoms with Crippen LogP contribution in [0.3, 0.4) is 0 Å². The Bertz CT molecular complexity index is 870. The third-order valence-electron chi connectivity index (χ3n) is 4.39. The minimum absolute atomic E-state index is 0.263. The van der Waals surface area contributed by atoms with Crippen LogP contribution in [0.2, 0.25) is 0 Å². The maximum absolute atomic E-state index is 13.5. The van der Waals surface area contributed by atoms with Crippen LogP contribution < -0.4 is 15.5 Å². The largest absolute Gasteiger partial charge is 0.326 e. The van der Waals surface area contributed by atoms with Crippen molar-refractivity contribution in [2.24, 2.45) is 0 Å². The van der Waals surface area contributed by atoms with Crippen molar-refractivity contribution < 1.29 is 18.4 Å². The van der Waals surface area contributed by atoms with E-state index >= 15 is 0 Å². The average Bonchev–Trinajstić information content (AvgIpc) is 2.94. The van der Waals surface area contributed by atoms with Gasteiger partial charge in [0.1, 0.15) is 17.7 Å². The van der Waals surface area contributed by atoms with Crippen LogP contribution in [-0.2, 0) is 4.79 Å². The lowest BCUT2D eigenvalue weighted by molar-refractivity contribution is -0.118. The first-order chi connectivity index (χ1) is 12.3. The SMILES string of the molecule is Cc1cc(N2CC[C@@H](NC(=O)Nc3ccc(C)c(F)c3)C2=O)ccc1F. The van der Waals surface area contributed by atoms with Gasteiger partial charge >= 0.3 is 6.03 Å². The second-order valence-electron chi connectivity index (χ2n) is 6.33. The Balaban J connectivity index is 1.63. The highest BCUT2D eigenvalue weighted by Crippen LogP contribution is 2.24. The molecule has 0 bridgehead atoms. The van der Waals surface area contributed by atoms with E-state index in [1.807, 2.05) is 0 Å². The number of hydrogen-bond acceptors (Lipinski definition) is 2. The fourth-order valence-electron chi connectivity index (χ4n) is 2.86. The maximum Gasteiger partial charge on any atom is 0.319 e. The van der Waals surface area contributed by atoms with Crippen molar-refractivity contribution >= 4 is 23.3 Å². The number of nitrogens with zero attached hydrogens (tertiary/aromatic N) is 1. The molecule has 1 atom stereocenters. The van der Waals surface area contributed by atoms with Gasteiger partial charge in [0.05, 0.1) is 0 Å². The highest BCUT2D eigenvalue weighted by molar-refractivity contribution is 6.02. The molecule has 26 heavy (non-hydrogen) atoms. The topological polar surface area (TPSA) is 61.4 Å². The van der Waals surface area contributed by atoms with Crippen LogP contribution in [0, 0.1) is 25.5 Å². The molecule has 1 aliphatic rings. The molecular weight excluding hydrogens is 340 g/mol. The monoisotopic (exact) mass is 359 g/mol. The summed E-state index contributed by atoms with van der Waals surface area (Å²) in [7, 11) is 0. The number of urea groups is 1. The second kappa shape index (κ2) is 7.11. The summed E-state index contributed by atoms with van der Waals surface area (Å²) in [6.45, 7) is 3.68. The standard InChI is InChI=1S/C19H19F2N3O2/c1-11-3-4-13(10-16(11)21)22-19(26)23-17-7-8-24(18(17)25)14-5-6-15(20)12(2)9-14/h3-6,9-10,17H,7-8H2,1-2H3,(H2,22,23,26)/t17-/m1/s1. The molecule has 2 aromatic carbocycles. The number of carbonyl (C=O) groups excluding carboxylic acids is 2. The first kappa shape index (κ1) is 17.8. The van der Waals surface area contributed by atoms with Crippen LogP contribution in [0.5, 0.6) is 0 Å². The van der Waals surface area contributed by atoms with E-state index < -0.39 is 17.9 Å². The van der Waals surface area contributed by atoms with Crippen LogP contribution in [-0.4, -0.2) is 24.5 Å². The summed E-state index contributed by atoms with van der Waals surface area (Å²) in [6.07, 6.45) is 0.435. The van der Waals surface area contributed by atoms with E-state index in [0.29, 0.717) is 35.5 Å². The quantitative estimate of drug-likeness (QED) is 0.881. The van der Waals surface area contributed by atoms with E-state index in [1.165, 1.54) is 23.1 Å². The molecule has 3 rings (SSSR count). The van der Waals surface area contributed by atoms with Crippen molar-refractivity contribution in [1.82, 2.24) is 5.32 Å². The van der Waals surface area contributed by atoms with Gasteiger partial charge in [-0.2, -0.15) is 0 Å². The molecular formula is C19H19F2N3O2. The Labute approximate surface area is 150 Å². The molecule has 1 fully saturated rings. The average molecular weight is 359 g/mol. The highest BCUT2D eigenvalue weighted by Gasteiger charge is 2.33. The van der Waals surface area contributed by atoms with Gasteiger partial charge in [0.25, 0.3) is 0 Å². The molecule has 136 valence electrons. The van der Waals surface area contributed by atoms with E-state index in [1.54, 1.807) is 32.0 Å². The molecule has 2 aromatic rings. The zero-order valence-electron chi connectivity index (χ0n) is 14.5.